The normalized spacial score (nSPS) is 26.3. The molecule has 0 radical (unpaired) electrons. The number of rotatable bonds is 11. The topological polar surface area (TPSA) is 215 Å². The highest BCUT2D eigenvalue weighted by Crippen LogP contribution is 2.53. The van der Waals surface area contributed by atoms with Crippen molar-refractivity contribution in [2.45, 2.75) is 68.3 Å². The maximum atomic E-state index is 13.4. The zero-order chi connectivity index (χ0) is 30.9. The first-order valence-electron chi connectivity index (χ1n) is 13.1. The Morgan fingerprint density at radius 1 is 0.952 bits per heavy atom. The number of aliphatic carboxylic acids is 2. The van der Waals surface area contributed by atoms with E-state index in [0.717, 1.165) is 0 Å². The number of hydrogen-bond acceptors (Lipinski definition) is 10. The van der Waals surface area contributed by atoms with Crippen molar-refractivity contribution in [2.75, 3.05) is 0 Å². The van der Waals surface area contributed by atoms with Gasteiger partial charge < -0.3 is 40.6 Å². The molecule has 2 aliphatic rings. The summed E-state index contributed by atoms with van der Waals surface area (Å²) in [5.41, 5.74) is 7.30. The highest BCUT2D eigenvalue weighted by atomic mass is 16.7. The molecule has 1 saturated heterocycles. The first kappa shape index (κ1) is 30.6. The van der Waals surface area contributed by atoms with Gasteiger partial charge in [-0.15, -0.1) is 0 Å². The lowest BCUT2D eigenvalue weighted by Crippen LogP contribution is -2.69. The average molecular weight is 585 g/mol. The van der Waals surface area contributed by atoms with E-state index in [-0.39, 0.29) is 30.4 Å². The zero-order valence-electron chi connectivity index (χ0n) is 22.9. The molecule has 1 aliphatic heterocycles. The highest BCUT2D eigenvalue weighted by Gasteiger charge is 2.72. The fraction of sp³-hybridized carbons (Fsp3) is 0.414. The van der Waals surface area contributed by atoms with Crippen molar-refractivity contribution in [3.63, 3.8) is 0 Å². The molecule has 1 amide bonds. The van der Waals surface area contributed by atoms with Gasteiger partial charge in [0.05, 0.1) is 28.9 Å². The van der Waals surface area contributed by atoms with E-state index in [2.05, 4.69) is 0 Å². The number of ether oxygens (including phenoxy) is 4. The van der Waals surface area contributed by atoms with Crippen LogP contribution in [0.25, 0.3) is 0 Å². The smallest absolute Gasteiger partial charge is 0.353 e. The minimum atomic E-state index is -3.07. The van der Waals surface area contributed by atoms with Crippen LogP contribution in [-0.4, -0.2) is 75.2 Å². The van der Waals surface area contributed by atoms with E-state index in [9.17, 15) is 34.2 Å². The fourth-order valence-electron chi connectivity index (χ4n) is 5.70. The van der Waals surface area contributed by atoms with Gasteiger partial charge in [-0.05, 0) is 51.0 Å². The fourth-order valence-corrected chi connectivity index (χ4v) is 5.70. The largest absolute Gasteiger partial charge is 0.478 e. The Bertz CT molecular complexity index is 1370. The van der Waals surface area contributed by atoms with Gasteiger partial charge in [0.1, 0.15) is 0 Å². The van der Waals surface area contributed by atoms with Crippen LogP contribution >= 0.6 is 0 Å². The summed E-state index contributed by atoms with van der Waals surface area (Å²) in [6.07, 6.45) is -5.52. The van der Waals surface area contributed by atoms with Crippen LogP contribution < -0.4 is 11.5 Å². The Kier molecular flexibility index (Phi) is 8.39. The molecule has 1 saturated carbocycles. The minimum Gasteiger partial charge on any atom is -0.478 e. The molecule has 224 valence electrons. The van der Waals surface area contributed by atoms with Crippen LogP contribution in [0.1, 0.15) is 53.8 Å². The molecule has 1 aliphatic carbocycles. The second-order valence-corrected chi connectivity index (χ2v) is 10.8. The molecule has 2 aromatic carbocycles. The van der Waals surface area contributed by atoms with Crippen LogP contribution in [0.5, 0.6) is 0 Å². The van der Waals surface area contributed by atoms with E-state index < -0.39 is 70.9 Å². The van der Waals surface area contributed by atoms with Gasteiger partial charge in [0.25, 0.3) is 5.60 Å². The summed E-state index contributed by atoms with van der Waals surface area (Å²) in [6, 6.07) is 14.6. The Morgan fingerprint density at radius 3 is 2.00 bits per heavy atom. The van der Waals surface area contributed by atoms with Crippen molar-refractivity contribution in [2.24, 2.45) is 17.4 Å². The summed E-state index contributed by atoms with van der Waals surface area (Å²) in [7, 11) is 0. The van der Waals surface area contributed by atoms with Crippen molar-refractivity contribution < 1.29 is 53.1 Å². The number of benzene rings is 2. The van der Waals surface area contributed by atoms with Crippen LogP contribution in [0.4, 0.5) is 0 Å². The van der Waals surface area contributed by atoms with Crippen LogP contribution in [0.2, 0.25) is 0 Å². The third-order valence-corrected chi connectivity index (χ3v) is 7.61. The van der Waals surface area contributed by atoms with E-state index >= 15 is 0 Å². The molecule has 13 heteroatoms. The number of fused-ring (bicyclic) bond motifs is 2. The molecule has 1 heterocycles. The summed E-state index contributed by atoms with van der Waals surface area (Å²) in [4.78, 5) is 64.3. The lowest BCUT2D eigenvalue weighted by Gasteiger charge is -2.49. The number of hydrogen-bond donors (Lipinski definition) is 4. The van der Waals surface area contributed by atoms with E-state index in [1.807, 2.05) is 0 Å². The van der Waals surface area contributed by atoms with E-state index in [1.54, 1.807) is 26.0 Å². The van der Waals surface area contributed by atoms with Gasteiger partial charge in [0.2, 0.25) is 12.0 Å². The molecule has 42 heavy (non-hydrogen) atoms. The minimum absolute atomic E-state index is 0.0714. The molecule has 0 aromatic heterocycles. The number of nitrogens with two attached hydrogens (primary N) is 2. The monoisotopic (exact) mass is 584 g/mol. The molecule has 6 N–H and O–H groups in total. The van der Waals surface area contributed by atoms with E-state index in [1.165, 1.54) is 48.5 Å². The molecule has 2 aromatic rings. The highest BCUT2D eigenvalue weighted by molar-refractivity contribution is 5.97. The predicted octanol–water partition coefficient (Wildman–Crippen LogP) is 1.48. The molecule has 2 bridgehead atoms. The summed E-state index contributed by atoms with van der Waals surface area (Å²) in [5.74, 6) is -9.73. The number of carboxylic acid groups (broad SMARTS) is 2. The molecule has 3 unspecified atom stereocenters. The Morgan fingerprint density at radius 2 is 1.50 bits per heavy atom. The van der Waals surface area contributed by atoms with Gasteiger partial charge in [-0.1, -0.05) is 36.4 Å². The lowest BCUT2D eigenvalue weighted by atomic mass is 9.76. The third kappa shape index (κ3) is 5.71. The first-order chi connectivity index (χ1) is 19.7. The maximum Gasteiger partial charge on any atom is 0.353 e. The number of amides is 1. The number of carboxylic acids is 2. The van der Waals surface area contributed by atoms with Crippen LogP contribution in [-0.2, 0) is 33.3 Å². The van der Waals surface area contributed by atoms with Crippen molar-refractivity contribution in [3.8, 4) is 0 Å². The van der Waals surface area contributed by atoms with Crippen molar-refractivity contribution in [1.29, 1.82) is 0 Å². The second kappa shape index (κ2) is 11.5. The number of carbonyl (C=O) groups excluding carboxylic acids is 3. The lowest BCUT2D eigenvalue weighted by molar-refractivity contribution is -0.313. The van der Waals surface area contributed by atoms with Crippen LogP contribution in [0.15, 0.2) is 60.7 Å². The summed E-state index contributed by atoms with van der Waals surface area (Å²) >= 11 is 0. The molecule has 2 fully saturated rings. The van der Waals surface area contributed by atoms with Gasteiger partial charge >= 0.3 is 23.9 Å². The number of primary amides is 1. The summed E-state index contributed by atoms with van der Waals surface area (Å²) in [5, 5.41) is 21.1. The second-order valence-electron chi connectivity index (χ2n) is 10.8. The van der Waals surface area contributed by atoms with Crippen LogP contribution in [0, 0.1) is 5.92 Å². The summed E-state index contributed by atoms with van der Waals surface area (Å²) in [6.45, 7) is 3.09. The molecule has 4 rings (SSSR count). The maximum absolute atomic E-state index is 13.4. The quantitative estimate of drug-likeness (QED) is 0.276. The predicted molar refractivity (Wildman–Crippen MR) is 143 cm³/mol. The molecule has 0 spiro atoms. The van der Waals surface area contributed by atoms with Crippen molar-refractivity contribution >= 4 is 29.8 Å². The van der Waals surface area contributed by atoms with E-state index in [4.69, 9.17) is 30.4 Å². The van der Waals surface area contributed by atoms with Gasteiger partial charge in [0.15, 0.2) is 5.79 Å². The standard InChI is InChI=1S/C29H32N2O11/c1-27(2)40-19-15-18(21(41-27)28(19,31)14-13-20(30)32)29(26(37)38,42-25(36)17-11-7-4-8-12-17)22(23(33)34)39-24(35)16-9-5-3-6-10-16/h3-12,18-19,21-22H,13-15,31H2,1-2H3,(H2,30,32)(H,33,34)(H,37,38)/t18?,19?,21?,22-,28-,29-/m1/s1. The van der Waals surface area contributed by atoms with Crippen molar-refractivity contribution in [3.05, 3.63) is 71.8 Å². The Hall–Kier alpha value is -4.33. The first-order valence-corrected chi connectivity index (χ1v) is 13.1. The SMILES string of the molecule is CC1(C)OC2CC([C@](OC(=O)c3ccccc3)(C(=O)O)[C@H](OC(=O)c3ccccc3)C(=O)O)C(O1)[C@@]2(N)CCC(N)=O. The van der Waals surface area contributed by atoms with Gasteiger partial charge in [-0.25, -0.2) is 19.2 Å². The van der Waals surface area contributed by atoms with Crippen LogP contribution in [0.3, 0.4) is 0 Å². The molecule has 13 nitrogen and oxygen atoms in total. The van der Waals surface area contributed by atoms with Gasteiger partial charge in [0, 0.05) is 12.3 Å². The molecular formula is C29H32N2O11. The number of carbonyl (C=O) groups is 5. The number of esters is 2. The molecular weight excluding hydrogens is 552 g/mol. The average Bonchev–Trinajstić information content (AvgIpc) is 3.09. The third-order valence-electron chi connectivity index (χ3n) is 7.61. The van der Waals surface area contributed by atoms with Gasteiger partial charge in [-0.2, -0.15) is 0 Å². The van der Waals surface area contributed by atoms with Crippen molar-refractivity contribution in [1.82, 2.24) is 0 Å². The zero-order valence-corrected chi connectivity index (χ0v) is 22.9. The van der Waals surface area contributed by atoms with E-state index in [0.29, 0.717) is 0 Å². The summed E-state index contributed by atoms with van der Waals surface area (Å²) < 4.78 is 23.1. The Balaban J connectivity index is 1.88. The Labute approximate surface area is 240 Å². The van der Waals surface area contributed by atoms with Gasteiger partial charge in [-0.3, -0.25) is 4.79 Å². The molecule has 6 atom stereocenters.